The third kappa shape index (κ3) is 2.94. The van der Waals surface area contributed by atoms with Crippen LogP contribution in [0.2, 0.25) is 0 Å². The van der Waals surface area contributed by atoms with Gasteiger partial charge < -0.3 is 9.84 Å². The second kappa shape index (κ2) is 6.59. The molecule has 2 aromatic rings. The van der Waals surface area contributed by atoms with Crippen LogP contribution in [0.25, 0.3) is 0 Å². The number of aliphatic imine (C=N–C) groups is 1. The van der Waals surface area contributed by atoms with Crippen LogP contribution in [0, 0.1) is 0 Å². The molecule has 2 atom stereocenters. The van der Waals surface area contributed by atoms with Gasteiger partial charge in [-0.05, 0) is 11.6 Å². The maximum absolute atomic E-state index is 15.2. The Balaban J connectivity index is 1.95. The number of alkyl halides is 2. The number of carboxylic acid groups (broad SMARTS) is 1. The molecule has 0 bridgehead atoms. The van der Waals surface area contributed by atoms with Gasteiger partial charge in [0.1, 0.15) is 11.8 Å². The standard InChI is InChI=1S/C19H15F2N3O4/c20-19(21)10-28-13-8-4-7-12-9-22-16(23-18(26)27)17(25)24(14(12)13)15(19)11-5-2-1-3-6-11/h1-9,15-16,23H,10H2,(H,26,27). The number of hydrogen-bond donors (Lipinski definition) is 2. The fourth-order valence-corrected chi connectivity index (χ4v) is 3.42. The summed E-state index contributed by atoms with van der Waals surface area (Å²) in [6.45, 7) is -0.930. The number of carbonyl (C=O) groups excluding carboxylic acids is 1. The van der Waals surface area contributed by atoms with E-state index in [1.54, 1.807) is 30.3 Å². The minimum Gasteiger partial charge on any atom is -0.485 e. The van der Waals surface area contributed by atoms with Crippen LogP contribution in [0.15, 0.2) is 53.5 Å². The minimum absolute atomic E-state index is 0.103. The van der Waals surface area contributed by atoms with Gasteiger partial charge >= 0.3 is 12.0 Å². The van der Waals surface area contributed by atoms with Crippen LogP contribution in [0.1, 0.15) is 17.2 Å². The van der Waals surface area contributed by atoms with Gasteiger partial charge in [-0.1, -0.05) is 42.5 Å². The Morgan fingerprint density at radius 2 is 1.96 bits per heavy atom. The number of nitrogens with zero attached hydrogens (tertiary/aromatic N) is 2. The summed E-state index contributed by atoms with van der Waals surface area (Å²) in [5, 5.41) is 11.0. The number of benzene rings is 2. The molecule has 144 valence electrons. The predicted molar refractivity (Wildman–Crippen MR) is 96.1 cm³/mol. The van der Waals surface area contributed by atoms with E-state index >= 15 is 8.78 Å². The second-order valence-electron chi connectivity index (χ2n) is 6.40. The molecule has 2 aliphatic rings. The summed E-state index contributed by atoms with van der Waals surface area (Å²) in [6.07, 6.45) is -1.76. The van der Waals surface area contributed by atoms with Crippen molar-refractivity contribution in [1.82, 2.24) is 5.32 Å². The Morgan fingerprint density at radius 1 is 1.21 bits per heavy atom. The number of amides is 2. The highest BCUT2D eigenvalue weighted by Gasteiger charge is 2.52. The van der Waals surface area contributed by atoms with Gasteiger partial charge in [0.15, 0.2) is 6.61 Å². The highest BCUT2D eigenvalue weighted by atomic mass is 19.3. The van der Waals surface area contributed by atoms with Gasteiger partial charge in [-0.25, -0.2) is 13.6 Å². The third-order valence-electron chi connectivity index (χ3n) is 4.56. The molecule has 28 heavy (non-hydrogen) atoms. The molecule has 0 radical (unpaired) electrons. The number of anilines is 1. The Labute approximate surface area is 158 Å². The fraction of sp³-hybridized carbons (Fsp3) is 0.211. The number of halogens is 2. The zero-order valence-corrected chi connectivity index (χ0v) is 14.4. The molecule has 2 aromatic carbocycles. The van der Waals surface area contributed by atoms with Crippen molar-refractivity contribution < 1.29 is 28.2 Å². The maximum atomic E-state index is 15.2. The van der Waals surface area contributed by atoms with Crippen LogP contribution in [0.3, 0.4) is 0 Å². The van der Waals surface area contributed by atoms with E-state index in [1.807, 2.05) is 5.32 Å². The molecule has 7 nitrogen and oxygen atoms in total. The first kappa shape index (κ1) is 17.9. The first-order valence-electron chi connectivity index (χ1n) is 8.43. The van der Waals surface area contributed by atoms with E-state index in [4.69, 9.17) is 9.84 Å². The summed E-state index contributed by atoms with van der Waals surface area (Å²) in [6, 6.07) is 10.8. The number of ether oxygens (including phenoxy) is 1. The Morgan fingerprint density at radius 3 is 2.68 bits per heavy atom. The molecule has 0 saturated carbocycles. The largest absolute Gasteiger partial charge is 0.485 e. The fourth-order valence-electron chi connectivity index (χ4n) is 3.42. The van der Waals surface area contributed by atoms with E-state index in [0.717, 1.165) is 4.90 Å². The summed E-state index contributed by atoms with van der Waals surface area (Å²) in [7, 11) is 0. The molecule has 4 rings (SSSR count). The van der Waals surface area contributed by atoms with E-state index in [9.17, 15) is 9.59 Å². The second-order valence-corrected chi connectivity index (χ2v) is 6.40. The number of hydrogen-bond acceptors (Lipinski definition) is 4. The summed E-state index contributed by atoms with van der Waals surface area (Å²) >= 11 is 0. The molecule has 0 spiro atoms. The van der Waals surface area contributed by atoms with Crippen molar-refractivity contribution in [3.05, 3.63) is 59.7 Å². The molecule has 2 amide bonds. The van der Waals surface area contributed by atoms with Gasteiger partial charge in [0.05, 0.1) is 5.69 Å². The van der Waals surface area contributed by atoms with Gasteiger partial charge in [-0.2, -0.15) is 0 Å². The van der Waals surface area contributed by atoms with Crippen LogP contribution in [-0.2, 0) is 4.79 Å². The van der Waals surface area contributed by atoms with E-state index in [-0.39, 0.29) is 17.0 Å². The SMILES string of the molecule is O=C(O)NC1N=Cc2cccc3c2N(C1=O)C(c1ccccc1)C(F)(F)CO3. The van der Waals surface area contributed by atoms with Crippen molar-refractivity contribution in [3.63, 3.8) is 0 Å². The molecule has 9 heteroatoms. The van der Waals surface area contributed by atoms with Crippen LogP contribution in [0.5, 0.6) is 5.75 Å². The number of rotatable bonds is 2. The lowest BCUT2D eigenvalue weighted by Gasteiger charge is -2.35. The molecule has 0 fully saturated rings. The average molecular weight is 387 g/mol. The quantitative estimate of drug-likeness (QED) is 0.829. The Kier molecular flexibility index (Phi) is 4.21. The molecule has 0 aromatic heterocycles. The zero-order chi connectivity index (χ0) is 19.9. The van der Waals surface area contributed by atoms with Crippen LogP contribution in [0.4, 0.5) is 19.3 Å². The molecule has 2 N–H and O–H groups in total. The number of nitrogens with one attached hydrogen (secondary N) is 1. The van der Waals surface area contributed by atoms with Crippen molar-refractivity contribution in [3.8, 4) is 5.75 Å². The number of carbonyl (C=O) groups is 2. The van der Waals surface area contributed by atoms with Crippen molar-refractivity contribution in [1.29, 1.82) is 0 Å². The highest BCUT2D eigenvalue weighted by Crippen LogP contribution is 2.47. The predicted octanol–water partition coefficient (Wildman–Crippen LogP) is 2.81. The normalized spacial score (nSPS) is 22.5. The molecule has 0 saturated heterocycles. The van der Waals surface area contributed by atoms with Gasteiger partial charge in [-0.3, -0.25) is 20.0 Å². The summed E-state index contributed by atoms with van der Waals surface area (Å²) in [5.41, 5.74) is 0.708. The third-order valence-corrected chi connectivity index (χ3v) is 4.56. The van der Waals surface area contributed by atoms with Crippen LogP contribution < -0.4 is 15.0 Å². The summed E-state index contributed by atoms with van der Waals surface area (Å²) < 4.78 is 35.7. The first-order valence-corrected chi connectivity index (χ1v) is 8.43. The molecule has 2 aliphatic heterocycles. The maximum Gasteiger partial charge on any atom is 0.406 e. The van der Waals surface area contributed by atoms with Gasteiger partial charge in [0, 0.05) is 11.8 Å². The lowest BCUT2D eigenvalue weighted by molar-refractivity contribution is -0.124. The van der Waals surface area contributed by atoms with E-state index in [1.165, 1.54) is 24.4 Å². The van der Waals surface area contributed by atoms with Crippen molar-refractivity contribution in [2.24, 2.45) is 4.99 Å². The smallest absolute Gasteiger partial charge is 0.406 e. The average Bonchev–Trinajstić information content (AvgIpc) is 2.87. The summed E-state index contributed by atoms with van der Waals surface area (Å²) in [5.74, 6) is -4.25. The molecule has 2 unspecified atom stereocenters. The highest BCUT2D eigenvalue weighted by molar-refractivity contribution is 6.08. The molecule has 0 aliphatic carbocycles. The zero-order valence-electron chi connectivity index (χ0n) is 14.4. The molecular formula is C19H15F2N3O4. The van der Waals surface area contributed by atoms with E-state index in [0.29, 0.717) is 5.56 Å². The molecule has 2 heterocycles. The van der Waals surface area contributed by atoms with Crippen LogP contribution in [-0.4, -0.2) is 42.0 Å². The summed E-state index contributed by atoms with van der Waals surface area (Å²) in [4.78, 5) is 29.1. The van der Waals surface area contributed by atoms with E-state index in [2.05, 4.69) is 4.99 Å². The first-order chi connectivity index (χ1) is 13.4. The van der Waals surface area contributed by atoms with Crippen molar-refractivity contribution >= 4 is 23.9 Å². The van der Waals surface area contributed by atoms with Crippen molar-refractivity contribution in [2.75, 3.05) is 11.5 Å². The Bertz CT molecular complexity index is 965. The van der Waals surface area contributed by atoms with E-state index < -0.39 is 36.7 Å². The lowest BCUT2D eigenvalue weighted by atomic mass is 9.97. The number of para-hydroxylation sites is 1. The topological polar surface area (TPSA) is 91.2 Å². The van der Waals surface area contributed by atoms with Crippen molar-refractivity contribution in [2.45, 2.75) is 18.1 Å². The van der Waals surface area contributed by atoms with Crippen LogP contribution >= 0.6 is 0 Å². The van der Waals surface area contributed by atoms with Gasteiger partial charge in [0.25, 0.3) is 5.91 Å². The lowest BCUT2D eigenvalue weighted by Crippen LogP contribution is -2.52. The van der Waals surface area contributed by atoms with Gasteiger partial charge in [0.2, 0.25) is 6.17 Å². The minimum atomic E-state index is -3.44. The van der Waals surface area contributed by atoms with Gasteiger partial charge in [-0.15, -0.1) is 0 Å². The molecular weight excluding hydrogens is 372 g/mol. The Hall–Kier alpha value is -3.49. The monoisotopic (exact) mass is 387 g/mol.